The predicted octanol–water partition coefficient (Wildman–Crippen LogP) is 2.97. The van der Waals surface area contributed by atoms with E-state index in [1.54, 1.807) is 24.7 Å². The van der Waals surface area contributed by atoms with Gasteiger partial charge < -0.3 is 20.0 Å². The summed E-state index contributed by atoms with van der Waals surface area (Å²) in [6.45, 7) is 5.25. The number of halogens is 3. The Morgan fingerprint density at radius 2 is 1.91 bits per heavy atom. The Bertz CT molecular complexity index is 1030. The van der Waals surface area contributed by atoms with Gasteiger partial charge in [-0.25, -0.2) is 4.98 Å². The number of aromatic nitrogens is 2. The summed E-state index contributed by atoms with van der Waals surface area (Å²) >= 11 is 0. The Balaban J connectivity index is 1.36. The summed E-state index contributed by atoms with van der Waals surface area (Å²) in [7, 11) is 0. The summed E-state index contributed by atoms with van der Waals surface area (Å²) in [6, 6.07) is 3.76. The maximum Gasteiger partial charge on any atom is 0.416 e. The maximum atomic E-state index is 13.4. The second kappa shape index (κ2) is 10.0. The van der Waals surface area contributed by atoms with Crippen LogP contribution in [-0.4, -0.2) is 72.6 Å². The fourth-order valence-electron chi connectivity index (χ4n) is 5.61. The Hall–Kier alpha value is -2.88. The number of hydrogen-bond acceptors (Lipinski definition) is 6. The van der Waals surface area contributed by atoms with Crippen molar-refractivity contribution in [3.8, 4) is 0 Å². The first-order valence-electron chi connectivity index (χ1n) is 12.4. The molecule has 2 fully saturated rings. The van der Waals surface area contributed by atoms with Gasteiger partial charge in [0.1, 0.15) is 5.82 Å². The SMILES string of the molecule is O=C(NCCN1CCCCC1)C1Cc2cc(C(F)(F)F)ccc2N2CCN(c3cnccn3)CC12. The molecule has 1 aromatic carbocycles. The molecule has 2 atom stereocenters. The van der Waals surface area contributed by atoms with Gasteiger partial charge in [-0.3, -0.25) is 9.78 Å². The number of amides is 1. The summed E-state index contributed by atoms with van der Waals surface area (Å²) in [6.07, 6.45) is 4.45. The summed E-state index contributed by atoms with van der Waals surface area (Å²) in [5.41, 5.74) is 0.705. The molecule has 2 saturated heterocycles. The lowest BCUT2D eigenvalue weighted by Gasteiger charge is -2.49. The van der Waals surface area contributed by atoms with Crippen LogP contribution in [-0.2, 0) is 17.4 Å². The number of alkyl halides is 3. The lowest BCUT2D eigenvalue weighted by atomic mass is 9.82. The van der Waals surface area contributed by atoms with Crippen LogP contribution in [0.3, 0.4) is 0 Å². The number of nitrogens with zero attached hydrogens (tertiary/aromatic N) is 5. The van der Waals surface area contributed by atoms with Gasteiger partial charge in [0.05, 0.1) is 23.7 Å². The van der Waals surface area contributed by atoms with E-state index in [-0.39, 0.29) is 18.4 Å². The highest BCUT2D eigenvalue weighted by molar-refractivity contribution is 5.82. The topological polar surface area (TPSA) is 64.6 Å². The van der Waals surface area contributed by atoms with Gasteiger partial charge in [-0.2, -0.15) is 13.2 Å². The molecule has 3 aliphatic heterocycles. The molecule has 0 bridgehead atoms. The van der Waals surface area contributed by atoms with Crippen molar-refractivity contribution >= 4 is 17.4 Å². The summed E-state index contributed by atoms with van der Waals surface area (Å²) in [5, 5.41) is 3.09. The van der Waals surface area contributed by atoms with Gasteiger partial charge in [0.2, 0.25) is 5.91 Å². The minimum absolute atomic E-state index is 0.0962. The van der Waals surface area contributed by atoms with Gasteiger partial charge in [0.15, 0.2) is 0 Å². The number of benzene rings is 1. The van der Waals surface area contributed by atoms with Crippen molar-refractivity contribution in [1.29, 1.82) is 0 Å². The summed E-state index contributed by atoms with van der Waals surface area (Å²) < 4.78 is 40.2. The van der Waals surface area contributed by atoms with E-state index in [0.717, 1.165) is 37.2 Å². The fourth-order valence-corrected chi connectivity index (χ4v) is 5.61. The van der Waals surface area contributed by atoms with E-state index >= 15 is 0 Å². The average Bonchev–Trinajstić information content (AvgIpc) is 2.88. The van der Waals surface area contributed by atoms with E-state index in [2.05, 4.69) is 30.0 Å². The molecule has 0 radical (unpaired) electrons. The number of hydrogen-bond donors (Lipinski definition) is 1. The number of fused-ring (bicyclic) bond motifs is 3. The zero-order valence-corrected chi connectivity index (χ0v) is 19.7. The van der Waals surface area contributed by atoms with Gasteiger partial charge in [-0.15, -0.1) is 0 Å². The third-order valence-corrected chi connectivity index (χ3v) is 7.43. The van der Waals surface area contributed by atoms with E-state index in [4.69, 9.17) is 0 Å². The van der Waals surface area contributed by atoms with Crippen molar-refractivity contribution in [3.05, 3.63) is 47.9 Å². The number of carbonyl (C=O) groups excluding carboxylic acids is 1. The summed E-state index contributed by atoms with van der Waals surface area (Å²) in [4.78, 5) is 28.6. The molecule has 0 saturated carbocycles. The van der Waals surface area contributed by atoms with Gasteiger partial charge in [-0.1, -0.05) is 6.42 Å². The first-order valence-corrected chi connectivity index (χ1v) is 12.4. The molecule has 1 N–H and O–H groups in total. The van der Waals surface area contributed by atoms with Crippen LogP contribution in [0.1, 0.15) is 30.4 Å². The molecular weight excluding hydrogens is 457 g/mol. The molecular formula is C25H31F3N6O. The quantitative estimate of drug-likeness (QED) is 0.698. The first kappa shape index (κ1) is 23.8. The number of likely N-dealkylation sites (tertiary alicyclic amines) is 1. The number of piperidine rings is 1. The molecule has 5 rings (SSSR count). The van der Waals surface area contributed by atoms with E-state index in [9.17, 15) is 18.0 Å². The predicted molar refractivity (Wildman–Crippen MR) is 127 cm³/mol. The van der Waals surface area contributed by atoms with Crippen LogP contribution in [0.25, 0.3) is 0 Å². The number of carbonyl (C=O) groups is 1. The zero-order chi connectivity index (χ0) is 24.4. The zero-order valence-electron chi connectivity index (χ0n) is 19.7. The molecule has 4 heterocycles. The highest BCUT2D eigenvalue weighted by Gasteiger charge is 2.43. The molecule has 2 unspecified atom stereocenters. The van der Waals surface area contributed by atoms with Crippen LogP contribution in [0.4, 0.5) is 24.7 Å². The van der Waals surface area contributed by atoms with Crippen molar-refractivity contribution in [1.82, 2.24) is 20.2 Å². The molecule has 7 nitrogen and oxygen atoms in total. The second-order valence-electron chi connectivity index (χ2n) is 9.62. The molecule has 188 valence electrons. The Morgan fingerprint density at radius 3 is 2.66 bits per heavy atom. The number of rotatable bonds is 5. The molecule has 1 aromatic heterocycles. The second-order valence-corrected chi connectivity index (χ2v) is 9.62. The average molecular weight is 489 g/mol. The molecule has 35 heavy (non-hydrogen) atoms. The van der Waals surface area contributed by atoms with Crippen LogP contribution in [0, 0.1) is 5.92 Å². The molecule has 0 spiro atoms. The van der Waals surface area contributed by atoms with E-state index < -0.39 is 17.7 Å². The van der Waals surface area contributed by atoms with Gasteiger partial charge in [0, 0.05) is 50.8 Å². The molecule has 1 amide bonds. The highest BCUT2D eigenvalue weighted by Crippen LogP contribution is 2.40. The fraction of sp³-hybridized carbons (Fsp3) is 0.560. The van der Waals surface area contributed by atoms with Crippen molar-refractivity contribution in [2.45, 2.75) is 37.9 Å². The highest BCUT2D eigenvalue weighted by atomic mass is 19.4. The maximum absolute atomic E-state index is 13.4. The minimum Gasteiger partial charge on any atom is -0.364 e. The van der Waals surface area contributed by atoms with Crippen molar-refractivity contribution in [2.24, 2.45) is 5.92 Å². The lowest BCUT2D eigenvalue weighted by molar-refractivity contribution is -0.137. The Labute approximate surface area is 203 Å². The van der Waals surface area contributed by atoms with Crippen molar-refractivity contribution < 1.29 is 18.0 Å². The van der Waals surface area contributed by atoms with Crippen LogP contribution in [0.5, 0.6) is 0 Å². The van der Waals surface area contributed by atoms with E-state index in [0.29, 0.717) is 31.7 Å². The van der Waals surface area contributed by atoms with E-state index in [1.165, 1.54) is 25.3 Å². The van der Waals surface area contributed by atoms with Crippen LogP contribution in [0.2, 0.25) is 0 Å². The van der Waals surface area contributed by atoms with E-state index in [1.807, 2.05) is 0 Å². The smallest absolute Gasteiger partial charge is 0.364 e. The number of anilines is 2. The van der Waals surface area contributed by atoms with Crippen molar-refractivity contribution in [3.63, 3.8) is 0 Å². The van der Waals surface area contributed by atoms with Crippen molar-refractivity contribution in [2.75, 3.05) is 55.6 Å². The number of nitrogens with one attached hydrogen (secondary N) is 1. The normalized spacial score (nSPS) is 22.9. The van der Waals surface area contributed by atoms with Crippen LogP contribution >= 0.6 is 0 Å². The largest absolute Gasteiger partial charge is 0.416 e. The third-order valence-electron chi connectivity index (χ3n) is 7.43. The third kappa shape index (κ3) is 5.22. The Kier molecular flexibility index (Phi) is 6.82. The lowest BCUT2D eigenvalue weighted by Crippen LogP contribution is -2.61. The standard InChI is InChI=1S/C25H31F3N6O/c26-25(27,28)19-4-5-21-18(14-19)15-20(24(35)31-8-11-32-9-2-1-3-10-32)22-17-33(12-13-34(21)22)23-16-29-6-7-30-23/h4-7,14,16,20,22H,1-3,8-13,15,17H2,(H,31,35). The first-order chi connectivity index (χ1) is 16.9. The molecule has 10 heteroatoms. The van der Waals surface area contributed by atoms with Gasteiger partial charge in [0.25, 0.3) is 0 Å². The molecule has 3 aliphatic rings. The van der Waals surface area contributed by atoms with Crippen LogP contribution in [0.15, 0.2) is 36.8 Å². The summed E-state index contributed by atoms with van der Waals surface area (Å²) in [5.74, 6) is 0.197. The van der Waals surface area contributed by atoms with Gasteiger partial charge >= 0.3 is 6.18 Å². The monoisotopic (exact) mass is 488 g/mol. The molecule has 0 aliphatic carbocycles. The number of piperazine rings is 1. The van der Waals surface area contributed by atoms with Crippen LogP contribution < -0.4 is 15.1 Å². The minimum atomic E-state index is -4.41. The molecule has 2 aromatic rings. The van der Waals surface area contributed by atoms with Gasteiger partial charge in [-0.05, 0) is 56.1 Å². The Morgan fingerprint density at radius 1 is 1.09 bits per heavy atom.